The molecule has 10 heteroatoms. The van der Waals surface area contributed by atoms with Crippen molar-refractivity contribution in [3.63, 3.8) is 0 Å². The molecule has 2 aliphatic carbocycles. The largest absolute Gasteiger partial charge is 0.483 e. The number of amides is 3. The molecule has 2 N–H and O–H groups in total. The lowest BCUT2D eigenvalue weighted by molar-refractivity contribution is -0.117. The van der Waals surface area contributed by atoms with Crippen LogP contribution in [0.2, 0.25) is 0 Å². The Morgan fingerprint density at radius 2 is 2.09 bits per heavy atom. The molecular formula is C22H28FN5O3S. The van der Waals surface area contributed by atoms with E-state index in [-0.39, 0.29) is 24.2 Å². The average molecular weight is 462 g/mol. The molecule has 32 heavy (non-hydrogen) atoms. The van der Waals surface area contributed by atoms with Gasteiger partial charge in [0.2, 0.25) is 5.91 Å². The molecule has 2 saturated carbocycles. The van der Waals surface area contributed by atoms with Crippen molar-refractivity contribution in [3.8, 4) is 5.75 Å². The molecule has 1 aromatic carbocycles. The highest BCUT2D eigenvalue weighted by Crippen LogP contribution is 2.52. The number of carbonyl (C=O) groups excluding carboxylic acids is 2. The van der Waals surface area contributed by atoms with Gasteiger partial charge in [0, 0.05) is 13.1 Å². The number of urea groups is 1. The minimum atomic E-state index is -0.550. The van der Waals surface area contributed by atoms with Crippen LogP contribution >= 0.6 is 11.8 Å². The van der Waals surface area contributed by atoms with Gasteiger partial charge in [-0.2, -0.15) is 0 Å². The zero-order chi connectivity index (χ0) is 22.7. The lowest BCUT2D eigenvalue weighted by atomic mass is 9.84. The third-order valence-electron chi connectivity index (χ3n) is 6.56. The van der Waals surface area contributed by atoms with E-state index in [0.29, 0.717) is 22.8 Å². The Labute approximate surface area is 190 Å². The number of hydrogen-bond donors (Lipinski definition) is 2. The van der Waals surface area contributed by atoms with Crippen LogP contribution in [0.1, 0.15) is 44.5 Å². The van der Waals surface area contributed by atoms with Crippen LogP contribution in [0.3, 0.4) is 0 Å². The van der Waals surface area contributed by atoms with E-state index >= 15 is 0 Å². The minimum absolute atomic E-state index is 0.0309. The van der Waals surface area contributed by atoms with Gasteiger partial charge in [0.15, 0.2) is 22.5 Å². The molecule has 3 amide bonds. The van der Waals surface area contributed by atoms with Crippen molar-refractivity contribution < 1.29 is 18.7 Å². The zero-order valence-electron chi connectivity index (χ0n) is 18.2. The molecular weight excluding hydrogens is 433 g/mol. The molecule has 2 aromatic rings. The Bertz CT molecular complexity index is 984. The number of para-hydroxylation sites is 1. The van der Waals surface area contributed by atoms with Crippen LogP contribution in [-0.2, 0) is 11.4 Å². The first kappa shape index (κ1) is 22.6. The van der Waals surface area contributed by atoms with Crippen molar-refractivity contribution in [2.75, 3.05) is 12.8 Å². The number of aromatic nitrogens is 3. The summed E-state index contributed by atoms with van der Waals surface area (Å²) in [6, 6.07) is 5.84. The maximum atomic E-state index is 14.0. The maximum Gasteiger partial charge on any atom is 0.321 e. The summed E-state index contributed by atoms with van der Waals surface area (Å²) in [5, 5.41) is 13.8. The first-order valence-corrected chi connectivity index (χ1v) is 11.9. The molecule has 2 aliphatic rings. The van der Waals surface area contributed by atoms with Crippen LogP contribution in [0.5, 0.6) is 5.75 Å². The SMILES string of the molecule is CNC(=O)NC(=O)CSc1nnc(COc2ccccc2F)n1[C@@H](C)[C@H]1C[C@@H]2CC[C@@H]1C2. The van der Waals surface area contributed by atoms with Crippen LogP contribution in [0.25, 0.3) is 0 Å². The quantitative estimate of drug-likeness (QED) is 0.584. The highest BCUT2D eigenvalue weighted by atomic mass is 32.2. The number of hydrogen-bond acceptors (Lipinski definition) is 6. The molecule has 0 unspecified atom stereocenters. The summed E-state index contributed by atoms with van der Waals surface area (Å²) in [7, 11) is 1.45. The Morgan fingerprint density at radius 1 is 1.28 bits per heavy atom. The standard InChI is InChI=1S/C22H28FN5O3S/c1-13(16-10-14-7-8-15(16)9-14)28-19(11-31-18-6-4-3-5-17(18)23)26-27-22(28)32-12-20(29)25-21(30)24-2/h3-6,13-16H,7-12H2,1-2H3,(H2,24,25,29,30)/t13-,14+,15+,16+/m0/s1. The number of carbonyl (C=O) groups is 2. The van der Waals surface area contributed by atoms with Crippen molar-refractivity contribution in [1.82, 2.24) is 25.4 Å². The van der Waals surface area contributed by atoms with E-state index in [0.717, 1.165) is 5.92 Å². The lowest BCUT2D eigenvalue weighted by Gasteiger charge is -2.30. The molecule has 0 saturated heterocycles. The van der Waals surface area contributed by atoms with Gasteiger partial charge in [-0.1, -0.05) is 30.3 Å². The molecule has 172 valence electrons. The van der Waals surface area contributed by atoms with E-state index in [1.807, 2.05) is 4.57 Å². The second-order valence-electron chi connectivity index (χ2n) is 8.48. The first-order valence-electron chi connectivity index (χ1n) is 10.9. The highest BCUT2D eigenvalue weighted by Gasteiger charge is 2.43. The molecule has 2 bridgehead atoms. The fourth-order valence-corrected chi connectivity index (χ4v) is 5.89. The van der Waals surface area contributed by atoms with Crippen molar-refractivity contribution >= 4 is 23.7 Å². The number of thioether (sulfide) groups is 1. The monoisotopic (exact) mass is 461 g/mol. The molecule has 0 aliphatic heterocycles. The molecule has 0 radical (unpaired) electrons. The average Bonchev–Trinajstić information content (AvgIpc) is 3.52. The molecule has 4 atom stereocenters. The fraction of sp³-hybridized carbons (Fsp3) is 0.545. The van der Waals surface area contributed by atoms with Crippen molar-refractivity contribution in [3.05, 3.63) is 35.9 Å². The van der Waals surface area contributed by atoms with Gasteiger partial charge in [0.05, 0.1) is 5.75 Å². The van der Waals surface area contributed by atoms with Crippen LogP contribution in [0, 0.1) is 23.6 Å². The van der Waals surface area contributed by atoms with Gasteiger partial charge in [-0.25, -0.2) is 9.18 Å². The smallest absolute Gasteiger partial charge is 0.321 e. The minimum Gasteiger partial charge on any atom is -0.483 e. The van der Waals surface area contributed by atoms with Gasteiger partial charge in [-0.05, 0) is 56.1 Å². The summed E-state index contributed by atoms with van der Waals surface area (Å²) in [6.45, 7) is 2.24. The Morgan fingerprint density at radius 3 is 2.78 bits per heavy atom. The first-order chi connectivity index (χ1) is 15.5. The topological polar surface area (TPSA) is 98.1 Å². The summed E-state index contributed by atoms with van der Waals surface area (Å²) in [4.78, 5) is 23.4. The maximum absolute atomic E-state index is 14.0. The number of halogens is 1. The van der Waals surface area contributed by atoms with Crippen LogP contribution in [0.4, 0.5) is 9.18 Å². The van der Waals surface area contributed by atoms with Gasteiger partial charge >= 0.3 is 6.03 Å². The number of rotatable bonds is 8. The van der Waals surface area contributed by atoms with E-state index in [2.05, 4.69) is 27.8 Å². The number of imide groups is 1. The lowest BCUT2D eigenvalue weighted by Crippen LogP contribution is -2.38. The van der Waals surface area contributed by atoms with Gasteiger partial charge < -0.3 is 10.1 Å². The van der Waals surface area contributed by atoms with Crippen molar-refractivity contribution in [2.45, 2.75) is 50.4 Å². The molecule has 1 aromatic heterocycles. The highest BCUT2D eigenvalue weighted by molar-refractivity contribution is 7.99. The normalized spacial score (nSPS) is 22.5. The van der Waals surface area contributed by atoms with Gasteiger partial charge in [-0.15, -0.1) is 10.2 Å². The molecule has 4 rings (SSSR count). The number of nitrogens with zero attached hydrogens (tertiary/aromatic N) is 3. The van der Waals surface area contributed by atoms with Crippen LogP contribution < -0.4 is 15.4 Å². The Hall–Kier alpha value is -2.62. The van der Waals surface area contributed by atoms with E-state index in [1.54, 1.807) is 18.2 Å². The molecule has 2 fully saturated rings. The van der Waals surface area contributed by atoms with E-state index in [1.165, 1.54) is 50.6 Å². The predicted octanol–water partition coefficient (Wildman–Crippen LogP) is 3.54. The Kier molecular flexibility index (Phi) is 6.98. The second kappa shape index (κ2) is 9.89. The number of nitrogens with one attached hydrogen (secondary N) is 2. The molecule has 0 spiro atoms. The molecule has 8 nitrogen and oxygen atoms in total. The molecule has 1 heterocycles. The zero-order valence-corrected chi connectivity index (χ0v) is 19.0. The third kappa shape index (κ3) is 4.90. The summed E-state index contributed by atoms with van der Waals surface area (Å²) >= 11 is 1.23. The van der Waals surface area contributed by atoms with Crippen molar-refractivity contribution in [1.29, 1.82) is 0 Å². The van der Waals surface area contributed by atoms with Crippen LogP contribution in [-0.4, -0.2) is 39.5 Å². The van der Waals surface area contributed by atoms with Crippen molar-refractivity contribution in [2.24, 2.45) is 17.8 Å². The third-order valence-corrected chi connectivity index (χ3v) is 7.50. The van der Waals surface area contributed by atoms with Gasteiger partial charge in [0.1, 0.15) is 6.61 Å². The number of fused-ring (bicyclic) bond motifs is 2. The van der Waals surface area contributed by atoms with E-state index < -0.39 is 17.8 Å². The summed E-state index contributed by atoms with van der Waals surface area (Å²) in [5.74, 6) is 1.93. The predicted molar refractivity (Wildman–Crippen MR) is 118 cm³/mol. The summed E-state index contributed by atoms with van der Waals surface area (Å²) < 4.78 is 21.7. The van der Waals surface area contributed by atoms with E-state index in [4.69, 9.17) is 4.74 Å². The second-order valence-corrected chi connectivity index (χ2v) is 9.43. The van der Waals surface area contributed by atoms with Gasteiger partial charge in [0.25, 0.3) is 0 Å². The van der Waals surface area contributed by atoms with Gasteiger partial charge in [-0.3, -0.25) is 14.7 Å². The number of ether oxygens (including phenoxy) is 1. The van der Waals surface area contributed by atoms with E-state index in [9.17, 15) is 14.0 Å². The summed E-state index contributed by atoms with van der Waals surface area (Å²) in [6.07, 6.45) is 5.01. The summed E-state index contributed by atoms with van der Waals surface area (Å²) in [5.41, 5.74) is 0. The fourth-order valence-electron chi connectivity index (χ4n) is 5.05. The van der Waals surface area contributed by atoms with Crippen LogP contribution in [0.15, 0.2) is 29.4 Å². The Balaban J connectivity index is 1.52. The number of benzene rings is 1.